The molecule has 1 heterocycles. The SMILES string of the molecule is CCCCN(C)C1(COC(=O)C(C)C(=O)CCOC)CCN(C(=O)c2ccc(OC)cc2)CC1. The van der Waals surface area contributed by atoms with Crippen molar-refractivity contribution in [2.24, 2.45) is 5.92 Å². The summed E-state index contributed by atoms with van der Waals surface area (Å²) in [5, 5.41) is 0. The summed E-state index contributed by atoms with van der Waals surface area (Å²) in [6, 6.07) is 7.13. The number of likely N-dealkylation sites (tertiary alicyclic amines) is 1. The molecule has 0 N–H and O–H groups in total. The molecule has 1 atom stereocenters. The fraction of sp³-hybridized carbons (Fsp3) is 0.654. The molecular weight excluding hydrogens is 436 g/mol. The van der Waals surface area contributed by atoms with E-state index >= 15 is 0 Å². The highest BCUT2D eigenvalue weighted by Gasteiger charge is 2.41. The van der Waals surface area contributed by atoms with Gasteiger partial charge < -0.3 is 19.1 Å². The lowest BCUT2D eigenvalue weighted by Crippen LogP contribution is -2.58. The second kappa shape index (κ2) is 13.4. The van der Waals surface area contributed by atoms with Crippen molar-refractivity contribution in [3.8, 4) is 5.75 Å². The van der Waals surface area contributed by atoms with Crippen molar-refractivity contribution in [1.29, 1.82) is 0 Å². The van der Waals surface area contributed by atoms with Gasteiger partial charge in [-0.3, -0.25) is 19.3 Å². The van der Waals surface area contributed by atoms with Crippen LogP contribution in [0, 0.1) is 5.92 Å². The van der Waals surface area contributed by atoms with Crippen LogP contribution in [0.15, 0.2) is 24.3 Å². The van der Waals surface area contributed by atoms with Crippen molar-refractivity contribution in [2.75, 3.05) is 54.1 Å². The Bertz CT molecular complexity index is 802. The van der Waals surface area contributed by atoms with Crippen molar-refractivity contribution in [1.82, 2.24) is 9.80 Å². The zero-order chi connectivity index (χ0) is 25.1. The third kappa shape index (κ3) is 7.27. The van der Waals surface area contributed by atoms with Gasteiger partial charge in [0.2, 0.25) is 0 Å². The maximum atomic E-state index is 13.0. The normalized spacial score (nSPS) is 16.2. The lowest BCUT2D eigenvalue weighted by Gasteiger charge is -2.47. The molecule has 1 fully saturated rings. The maximum Gasteiger partial charge on any atom is 0.316 e. The maximum absolute atomic E-state index is 13.0. The molecule has 190 valence electrons. The molecule has 1 aromatic rings. The van der Waals surface area contributed by atoms with Gasteiger partial charge in [0, 0.05) is 32.2 Å². The molecule has 0 saturated carbocycles. The third-order valence-electron chi connectivity index (χ3n) is 6.85. The minimum Gasteiger partial charge on any atom is -0.497 e. The van der Waals surface area contributed by atoms with Crippen molar-refractivity contribution in [2.45, 2.75) is 51.5 Å². The average molecular weight is 477 g/mol. The molecule has 0 bridgehead atoms. The predicted molar refractivity (Wildman–Crippen MR) is 130 cm³/mol. The molecular formula is C26H40N2O6. The molecule has 0 spiro atoms. The number of unbranched alkanes of at least 4 members (excludes halogenated alkanes) is 1. The van der Waals surface area contributed by atoms with E-state index in [1.54, 1.807) is 38.3 Å². The highest BCUT2D eigenvalue weighted by Crippen LogP contribution is 2.30. The lowest BCUT2D eigenvalue weighted by molar-refractivity contribution is -0.156. The van der Waals surface area contributed by atoms with E-state index in [0.29, 0.717) is 37.2 Å². The van der Waals surface area contributed by atoms with Gasteiger partial charge in [-0.25, -0.2) is 0 Å². The van der Waals surface area contributed by atoms with Crippen LogP contribution in [-0.2, 0) is 19.1 Å². The van der Waals surface area contributed by atoms with Crippen LogP contribution in [0.4, 0.5) is 0 Å². The number of hydrogen-bond acceptors (Lipinski definition) is 7. The molecule has 1 aliphatic heterocycles. The highest BCUT2D eigenvalue weighted by atomic mass is 16.5. The monoisotopic (exact) mass is 476 g/mol. The highest BCUT2D eigenvalue weighted by molar-refractivity contribution is 5.98. The van der Waals surface area contributed by atoms with Gasteiger partial charge in [-0.2, -0.15) is 0 Å². The number of nitrogens with zero attached hydrogens (tertiary/aromatic N) is 2. The summed E-state index contributed by atoms with van der Waals surface area (Å²) in [5.74, 6) is -0.795. The first kappa shape index (κ1) is 27.8. The van der Waals surface area contributed by atoms with E-state index in [2.05, 4.69) is 18.9 Å². The van der Waals surface area contributed by atoms with Crippen LogP contribution >= 0.6 is 0 Å². The van der Waals surface area contributed by atoms with E-state index in [1.807, 2.05) is 4.90 Å². The first-order valence-corrected chi connectivity index (χ1v) is 12.1. The number of Topliss-reactive ketones (excluding diaryl/α,β-unsaturated/α-hetero) is 1. The van der Waals surface area contributed by atoms with Crippen LogP contribution in [0.2, 0.25) is 0 Å². The second-order valence-electron chi connectivity index (χ2n) is 9.06. The molecule has 34 heavy (non-hydrogen) atoms. The Morgan fingerprint density at radius 1 is 1.12 bits per heavy atom. The minimum absolute atomic E-state index is 0.0122. The number of rotatable bonds is 13. The number of carbonyl (C=O) groups is 3. The summed E-state index contributed by atoms with van der Waals surface area (Å²) < 4.78 is 15.8. The Kier molecular flexibility index (Phi) is 11.0. The minimum atomic E-state index is -0.815. The van der Waals surface area contributed by atoms with Crippen LogP contribution < -0.4 is 4.74 Å². The van der Waals surface area contributed by atoms with Crippen LogP contribution in [0.25, 0.3) is 0 Å². The van der Waals surface area contributed by atoms with Gasteiger partial charge >= 0.3 is 5.97 Å². The van der Waals surface area contributed by atoms with Gasteiger partial charge in [0.1, 0.15) is 24.1 Å². The quantitative estimate of drug-likeness (QED) is 0.319. The first-order chi connectivity index (χ1) is 16.3. The van der Waals surface area contributed by atoms with E-state index in [-0.39, 0.29) is 36.9 Å². The fourth-order valence-electron chi connectivity index (χ4n) is 4.19. The van der Waals surface area contributed by atoms with Crippen molar-refractivity contribution in [3.05, 3.63) is 29.8 Å². The number of amides is 1. The Hall–Kier alpha value is -2.45. The van der Waals surface area contributed by atoms with Crippen LogP contribution in [0.5, 0.6) is 5.75 Å². The molecule has 0 radical (unpaired) electrons. The summed E-state index contributed by atoms with van der Waals surface area (Å²) in [5.41, 5.74) is 0.263. The molecule has 1 unspecified atom stereocenters. The van der Waals surface area contributed by atoms with E-state index < -0.39 is 11.9 Å². The van der Waals surface area contributed by atoms with Crippen LogP contribution in [-0.4, -0.2) is 87.1 Å². The van der Waals surface area contributed by atoms with Crippen molar-refractivity contribution in [3.63, 3.8) is 0 Å². The average Bonchev–Trinajstić information content (AvgIpc) is 2.88. The second-order valence-corrected chi connectivity index (χ2v) is 9.06. The summed E-state index contributed by atoms with van der Waals surface area (Å²) in [6.45, 7) is 6.25. The van der Waals surface area contributed by atoms with Gasteiger partial charge in [-0.1, -0.05) is 13.3 Å². The van der Waals surface area contributed by atoms with Gasteiger partial charge in [-0.15, -0.1) is 0 Å². The zero-order valence-electron chi connectivity index (χ0n) is 21.3. The molecule has 1 aliphatic rings. The number of piperidine rings is 1. The summed E-state index contributed by atoms with van der Waals surface area (Å²) in [7, 11) is 5.18. The standard InChI is InChI=1S/C26H40N2O6/c1-6-7-15-27(3)26(19-34-25(31)20(2)23(29)12-18-32-4)13-16-28(17-14-26)24(30)21-8-10-22(33-5)11-9-21/h8-11,20H,6-7,12-19H2,1-5H3. The zero-order valence-corrected chi connectivity index (χ0v) is 21.3. The number of carbonyl (C=O) groups excluding carboxylic acids is 3. The molecule has 0 aromatic heterocycles. The number of likely N-dealkylation sites (N-methyl/N-ethyl adjacent to an activating group) is 1. The lowest BCUT2D eigenvalue weighted by atomic mass is 9.86. The summed E-state index contributed by atoms with van der Waals surface area (Å²) in [4.78, 5) is 41.9. The molecule has 1 saturated heterocycles. The van der Waals surface area contributed by atoms with Crippen LogP contribution in [0.3, 0.4) is 0 Å². The molecule has 1 aromatic carbocycles. The molecule has 2 rings (SSSR count). The smallest absolute Gasteiger partial charge is 0.316 e. The van der Waals surface area contributed by atoms with Gasteiger partial charge in [0.25, 0.3) is 5.91 Å². The number of hydrogen-bond donors (Lipinski definition) is 0. The van der Waals surface area contributed by atoms with E-state index in [9.17, 15) is 14.4 Å². The Morgan fingerprint density at radius 2 is 1.76 bits per heavy atom. The van der Waals surface area contributed by atoms with Crippen LogP contribution in [0.1, 0.15) is 56.3 Å². The largest absolute Gasteiger partial charge is 0.497 e. The topological polar surface area (TPSA) is 85.4 Å². The number of esters is 1. The number of benzene rings is 1. The van der Waals surface area contributed by atoms with Crippen molar-refractivity contribution >= 4 is 17.7 Å². The Balaban J connectivity index is 2.04. The molecule has 8 nitrogen and oxygen atoms in total. The summed E-state index contributed by atoms with van der Waals surface area (Å²) >= 11 is 0. The van der Waals surface area contributed by atoms with Gasteiger partial charge in [0.05, 0.1) is 19.3 Å². The molecule has 1 amide bonds. The number of ketones is 1. The van der Waals surface area contributed by atoms with Gasteiger partial charge in [0.15, 0.2) is 0 Å². The van der Waals surface area contributed by atoms with Crippen molar-refractivity contribution < 1.29 is 28.6 Å². The fourth-order valence-corrected chi connectivity index (χ4v) is 4.19. The van der Waals surface area contributed by atoms with Gasteiger partial charge in [-0.05, 0) is 64.0 Å². The molecule has 8 heteroatoms. The number of ether oxygens (including phenoxy) is 3. The number of methoxy groups -OCH3 is 2. The Labute approximate surface area is 203 Å². The summed E-state index contributed by atoms with van der Waals surface area (Å²) in [6.07, 6.45) is 3.67. The van der Waals surface area contributed by atoms with E-state index in [1.165, 1.54) is 7.11 Å². The predicted octanol–water partition coefficient (Wildman–Crippen LogP) is 3.19. The van der Waals surface area contributed by atoms with E-state index in [4.69, 9.17) is 14.2 Å². The van der Waals surface area contributed by atoms with E-state index in [0.717, 1.165) is 19.4 Å². The Morgan fingerprint density at radius 3 is 2.32 bits per heavy atom. The molecule has 0 aliphatic carbocycles. The third-order valence-corrected chi connectivity index (χ3v) is 6.85. The first-order valence-electron chi connectivity index (χ1n) is 12.1.